The molecule has 4 nitrogen and oxygen atoms in total. The summed E-state index contributed by atoms with van der Waals surface area (Å²) in [5.41, 5.74) is 0.0363. The van der Waals surface area contributed by atoms with Crippen molar-refractivity contribution in [2.75, 3.05) is 14.2 Å². The fourth-order valence-electron chi connectivity index (χ4n) is 1.32. The summed E-state index contributed by atoms with van der Waals surface area (Å²) >= 11 is 0. The van der Waals surface area contributed by atoms with E-state index in [-0.39, 0.29) is 6.42 Å². The van der Waals surface area contributed by atoms with Crippen molar-refractivity contribution >= 4 is 11.9 Å². The summed E-state index contributed by atoms with van der Waals surface area (Å²) in [6, 6.07) is 4.83. The normalized spacial score (nSPS) is 10.9. The first-order valence-electron chi connectivity index (χ1n) is 5.04. The second-order valence-corrected chi connectivity index (χ2v) is 3.52. The Bertz CT molecular complexity index is 440. The fraction of sp³-hybridized carbons (Fsp3) is 0.333. The number of esters is 2. The zero-order valence-electron chi connectivity index (χ0n) is 9.91. The van der Waals surface area contributed by atoms with Gasteiger partial charge >= 0.3 is 17.9 Å². The lowest BCUT2D eigenvalue weighted by Crippen LogP contribution is -2.27. The average molecular weight is 258 g/mol. The summed E-state index contributed by atoms with van der Waals surface area (Å²) in [7, 11) is 2.13. The lowest BCUT2D eigenvalue weighted by molar-refractivity contribution is -0.170. The lowest BCUT2D eigenvalue weighted by Gasteiger charge is -2.14. The number of hydrogen-bond acceptors (Lipinski definition) is 4. The fourth-order valence-corrected chi connectivity index (χ4v) is 1.32. The molecule has 0 fully saturated rings. The third-order valence-corrected chi connectivity index (χ3v) is 2.33. The van der Waals surface area contributed by atoms with E-state index in [9.17, 15) is 18.4 Å². The molecular weight excluding hydrogens is 246 g/mol. The van der Waals surface area contributed by atoms with Crippen molar-refractivity contribution in [3.05, 3.63) is 35.4 Å². The van der Waals surface area contributed by atoms with Crippen molar-refractivity contribution in [3.63, 3.8) is 0 Å². The summed E-state index contributed by atoms with van der Waals surface area (Å²) < 4.78 is 35.4. The number of ether oxygens (including phenoxy) is 2. The van der Waals surface area contributed by atoms with E-state index in [4.69, 9.17) is 0 Å². The summed E-state index contributed by atoms with van der Waals surface area (Å²) in [5, 5.41) is 0. The van der Waals surface area contributed by atoms with Crippen molar-refractivity contribution < 1.29 is 27.8 Å². The van der Waals surface area contributed by atoms with Crippen molar-refractivity contribution in [1.29, 1.82) is 0 Å². The van der Waals surface area contributed by atoms with Gasteiger partial charge in [0.15, 0.2) is 0 Å². The van der Waals surface area contributed by atoms with E-state index < -0.39 is 23.4 Å². The first-order valence-corrected chi connectivity index (χ1v) is 5.04. The first-order chi connectivity index (χ1) is 8.41. The largest absolute Gasteiger partial charge is 0.469 e. The molecule has 1 aromatic rings. The van der Waals surface area contributed by atoms with Gasteiger partial charge in [0.25, 0.3) is 0 Å². The monoisotopic (exact) mass is 258 g/mol. The van der Waals surface area contributed by atoms with Crippen LogP contribution in [0.5, 0.6) is 0 Å². The van der Waals surface area contributed by atoms with E-state index in [0.29, 0.717) is 5.56 Å². The molecule has 1 rings (SSSR count). The van der Waals surface area contributed by atoms with Crippen LogP contribution in [0, 0.1) is 0 Å². The molecule has 0 atom stereocenters. The molecule has 0 aromatic heterocycles. The number of methoxy groups -OCH3 is 2. The van der Waals surface area contributed by atoms with Crippen LogP contribution < -0.4 is 0 Å². The highest BCUT2D eigenvalue weighted by molar-refractivity contribution is 5.79. The quantitative estimate of drug-likeness (QED) is 0.771. The predicted molar refractivity (Wildman–Crippen MR) is 58.1 cm³/mol. The van der Waals surface area contributed by atoms with Crippen LogP contribution in [0.4, 0.5) is 8.78 Å². The van der Waals surface area contributed by atoms with Gasteiger partial charge in [0.2, 0.25) is 0 Å². The van der Waals surface area contributed by atoms with Gasteiger partial charge in [-0.15, -0.1) is 0 Å². The highest BCUT2D eigenvalue weighted by Crippen LogP contribution is 2.29. The molecule has 0 saturated carbocycles. The van der Waals surface area contributed by atoms with Crippen LogP contribution in [0.3, 0.4) is 0 Å². The minimum absolute atomic E-state index is 0.0133. The summed E-state index contributed by atoms with van der Waals surface area (Å²) in [6.45, 7) is 0. The van der Waals surface area contributed by atoms with E-state index in [1.807, 2.05) is 0 Å². The Kier molecular flexibility index (Phi) is 4.36. The number of halogens is 2. The van der Waals surface area contributed by atoms with Crippen LogP contribution in [0.15, 0.2) is 24.3 Å². The van der Waals surface area contributed by atoms with Crippen LogP contribution in [0.1, 0.15) is 11.1 Å². The van der Waals surface area contributed by atoms with E-state index in [1.165, 1.54) is 19.2 Å². The number of carbonyl (C=O) groups excluding carboxylic acids is 2. The predicted octanol–water partition coefficient (Wildman–Crippen LogP) is 1.67. The minimum atomic E-state index is -3.70. The molecule has 0 amide bonds. The Morgan fingerprint density at radius 1 is 1.11 bits per heavy atom. The number of alkyl halides is 2. The van der Waals surface area contributed by atoms with E-state index in [0.717, 1.165) is 19.2 Å². The zero-order chi connectivity index (χ0) is 13.8. The average Bonchev–Trinajstić information content (AvgIpc) is 2.38. The van der Waals surface area contributed by atoms with Crippen LogP contribution in [-0.2, 0) is 31.4 Å². The van der Waals surface area contributed by atoms with Gasteiger partial charge in [-0.3, -0.25) is 4.79 Å². The van der Waals surface area contributed by atoms with Crippen molar-refractivity contribution in [1.82, 2.24) is 0 Å². The van der Waals surface area contributed by atoms with E-state index in [1.54, 1.807) is 0 Å². The summed E-state index contributed by atoms with van der Waals surface area (Å²) in [6.07, 6.45) is -0.0133. The van der Waals surface area contributed by atoms with Gasteiger partial charge in [-0.05, 0) is 5.56 Å². The van der Waals surface area contributed by atoms with Gasteiger partial charge in [0, 0.05) is 5.56 Å². The van der Waals surface area contributed by atoms with Gasteiger partial charge in [-0.1, -0.05) is 24.3 Å². The molecule has 0 radical (unpaired) electrons. The summed E-state index contributed by atoms with van der Waals surface area (Å²) in [4.78, 5) is 21.9. The lowest BCUT2D eigenvalue weighted by atomic mass is 10.0. The number of hydrogen-bond donors (Lipinski definition) is 0. The van der Waals surface area contributed by atoms with Crippen LogP contribution in [0.2, 0.25) is 0 Å². The first kappa shape index (κ1) is 14.1. The topological polar surface area (TPSA) is 52.6 Å². The molecule has 0 aliphatic heterocycles. The second kappa shape index (κ2) is 5.57. The van der Waals surface area contributed by atoms with Crippen molar-refractivity contribution in [2.24, 2.45) is 0 Å². The van der Waals surface area contributed by atoms with E-state index >= 15 is 0 Å². The number of benzene rings is 1. The molecule has 6 heteroatoms. The highest BCUT2D eigenvalue weighted by atomic mass is 19.3. The highest BCUT2D eigenvalue weighted by Gasteiger charge is 2.42. The second-order valence-electron chi connectivity index (χ2n) is 3.52. The third-order valence-electron chi connectivity index (χ3n) is 2.33. The van der Waals surface area contributed by atoms with Crippen LogP contribution in [-0.4, -0.2) is 26.2 Å². The minimum Gasteiger partial charge on any atom is -0.469 e. The SMILES string of the molecule is COC(=O)Cc1ccc(C(F)(F)C(=O)OC)cc1. The molecule has 0 saturated heterocycles. The van der Waals surface area contributed by atoms with Gasteiger partial charge in [0.05, 0.1) is 20.6 Å². The zero-order valence-corrected chi connectivity index (χ0v) is 9.91. The molecule has 0 aliphatic carbocycles. The summed E-state index contributed by atoms with van der Waals surface area (Å²) in [5.74, 6) is -5.79. The Labute approximate surface area is 103 Å². The smallest absolute Gasteiger partial charge is 0.381 e. The number of rotatable bonds is 4. The van der Waals surface area contributed by atoms with Crippen molar-refractivity contribution in [3.8, 4) is 0 Å². The molecule has 0 heterocycles. The Balaban J connectivity index is 2.89. The molecule has 18 heavy (non-hydrogen) atoms. The molecule has 0 N–H and O–H groups in total. The molecule has 98 valence electrons. The molecular formula is C12H12F2O4. The molecule has 0 unspecified atom stereocenters. The maximum Gasteiger partial charge on any atom is 0.381 e. The van der Waals surface area contributed by atoms with Gasteiger partial charge in [0.1, 0.15) is 0 Å². The van der Waals surface area contributed by atoms with Crippen LogP contribution >= 0.6 is 0 Å². The van der Waals surface area contributed by atoms with Gasteiger partial charge in [-0.2, -0.15) is 8.78 Å². The van der Waals surface area contributed by atoms with Gasteiger partial charge < -0.3 is 9.47 Å². The maximum absolute atomic E-state index is 13.4. The van der Waals surface area contributed by atoms with Gasteiger partial charge in [-0.25, -0.2) is 4.79 Å². The molecule has 1 aromatic carbocycles. The molecule has 0 bridgehead atoms. The Morgan fingerprint density at radius 2 is 1.67 bits per heavy atom. The maximum atomic E-state index is 13.4. The van der Waals surface area contributed by atoms with Crippen LogP contribution in [0.25, 0.3) is 0 Å². The van der Waals surface area contributed by atoms with E-state index in [2.05, 4.69) is 9.47 Å². The molecule has 0 aliphatic rings. The third kappa shape index (κ3) is 3.03. The Morgan fingerprint density at radius 3 is 2.11 bits per heavy atom. The van der Waals surface area contributed by atoms with Crippen molar-refractivity contribution in [2.45, 2.75) is 12.3 Å². The Hall–Kier alpha value is -1.98. The molecule has 0 spiro atoms. The standard InChI is InChI=1S/C12H12F2O4/c1-17-10(15)7-8-3-5-9(6-4-8)12(13,14)11(16)18-2/h3-6H,7H2,1-2H3. The number of carbonyl (C=O) groups is 2.